The van der Waals surface area contributed by atoms with Gasteiger partial charge in [0.25, 0.3) is 11.8 Å². The van der Waals surface area contributed by atoms with Crippen molar-refractivity contribution in [3.05, 3.63) is 71.9 Å². The molecule has 2 aliphatic rings. The number of carbonyl (C=O) groups excluding carboxylic acids is 4. The average Bonchev–Trinajstić information content (AvgIpc) is 3.32. The van der Waals surface area contributed by atoms with Gasteiger partial charge in [0.15, 0.2) is 0 Å². The molecule has 0 spiro atoms. The predicted molar refractivity (Wildman–Crippen MR) is 164 cm³/mol. The van der Waals surface area contributed by atoms with Gasteiger partial charge in [-0.25, -0.2) is 18.6 Å². The molecule has 0 unspecified atom stereocenters. The van der Waals surface area contributed by atoms with Gasteiger partial charge in [0, 0.05) is 47.6 Å². The van der Waals surface area contributed by atoms with Crippen LogP contribution >= 0.6 is 11.8 Å². The van der Waals surface area contributed by atoms with Crippen LogP contribution in [-0.4, -0.2) is 77.8 Å². The largest absolute Gasteiger partial charge is 0.493 e. The van der Waals surface area contributed by atoms with E-state index < -0.39 is 35.4 Å². The van der Waals surface area contributed by atoms with Crippen molar-refractivity contribution in [3.8, 4) is 22.8 Å². The predicted octanol–water partition coefficient (Wildman–Crippen LogP) is 3.31. The van der Waals surface area contributed by atoms with Crippen LogP contribution in [0.1, 0.15) is 12.0 Å². The minimum atomic E-state index is -0.937. The number of hydrogen-bond acceptors (Lipinski definition) is 11. The lowest BCUT2D eigenvalue weighted by molar-refractivity contribution is -0.141. The minimum absolute atomic E-state index is 0.0609. The van der Waals surface area contributed by atoms with Crippen LogP contribution in [0.4, 0.5) is 25.2 Å². The number of aromatic nitrogens is 2. The normalized spacial score (nSPS) is 13.6. The molecule has 3 aromatic rings. The van der Waals surface area contributed by atoms with Crippen molar-refractivity contribution in [3.63, 3.8) is 0 Å². The number of fused-ring (bicyclic) bond motifs is 6. The quantitative estimate of drug-likeness (QED) is 0.251. The van der Waals surface area contributed by atoms with Crippen molar-refractivity contribution in [2.75, 3.05) is 44.5 Å². The Balaban J connectivity index is 0.000000242. The summed E-state index contributed by atoms with van der Waals surface area (Å²) in [4.78, 5) is 53.0. The molecular formula is C30H30F2N6O7S. The molecule has 0 atom stereocenters. The molecule has 0 saturated heterocycles. The van der Waals surface area contributed by atoms with Crippen LogP contribution in [0.25, 0.3) is 11.1 Å². The zero-order chi connectivity index (χ0) is 33.1. The average molecular weight is 657 g/mol. The summed E-state index contributed by atoms with van der Waals surface area (Å²) in [6.45, 7) is 0.317. The fraction of sp³-hybridized carbons (Fsp3) is 0.267. The summed E-state index contributed by atoms with van der Waals surface area (Å²) >= 11 is 1.69. The van der Waals surface area contributed by atoms with Gasteiger partial charge in [0.2, 0.25) is 11.8 Å². The topological polar surface area (TPSA) is 175 Å². The number of thioether (sulfide) groups is 1. The Kier molecular flexibility index (Phi) is 11.8. The summed E-state index contributed by atoms with van der Waals surface area (Å²) in [5.41, 5.74) is 6.48. The summed E-state index contributed by atoms with van der Waals surface area (Å²) in [6.07, 6.45) is 4.95. The van der Waals surface area contributed by atoms with Crippen molar-refractivity contribution < 1.29 is 42.2 Å². The molecule has 1 aromatic carbocycles. The number of nitrogens with two attached hydrogens (primary N) is 1. The fourth-order valence-electron chi connectivity index (χ4n) is 4.18. The summed E-state index contributed by atoms with van der Waals surface area (Å²) in [6, 6.07) is 9.40. The second kappa shape index (κ2) is 16.2. The van der Waals surface area contributed by atoms with Gasteiger partial charge in [-0.15, -0.1) is 0 Å². The van der Waals surface area contributed by atoms with Crippen molar-refractivity contribution in [2.24, 2.45) is 5.73 Å². The Morgan fingerprint density at radius 1 is 1.07 bits per heavy atom. The number of pyridine rings is 2. The molecule has 0 saturated carbocycles. The van der Waals surface area contributed by atoms with E-state index >= 15 is 0 Å². The second-order valence-corrected chi connectivity index (χ2v) is 10.5. The zero-order valence-corrected chi connectivity index (χ0v) is 25.4. The molecular weight excluding hydrogens is 626 g/mol. The number of carbonyl (C=O) groups is 4. The standard InChI is InChI=1S/C21H19F2N3O2S.C9H11N3O5/c1-29-12-13-7-20-25-19-10-16(17(23)11-24-19)15-4-3-14(22)9-18(15)27-5-2-6-28-21(8-13)26-20;10-9(16)17-4-3-11-6(13)5-12-7(14)1-2-8(12)15/h3-4,7-11H,2,5-6,12H2,1H3,(H,24,25,26);1-2H,3-5H2,(H2,10,16)(H,11,13). The van der Waals surface area contributed by atoms with E-state index in [1.165, 1.54) is 18.2 Å². The smallest absolute Gasteiger partial charge is 0.404 e. The van der Waals surface area contributed by atoms with E-state index in [2.05, 4.69) is 25.3 Å². The van der Waals surface area contributed by atoms with Gasteiger partial charge in [-0.2, -0.15) is 16.7 Å². The van der Waals surface area contributed by atoms with Gasteiger partial charge in [-0.05, 0) is 36.1 Å². The van der Waals surface area contributed by atoms with E-state index in [1.807, 2.05) is 18.4 Å². The Morgan fingerprint density at radius 3 is 2.57 bits per heavy atom. The molecule has 13 nitrogen and oxygen atoms in total. The molecule has 4 heterocycles. The summed E-state index contributed by atoms with van der Waals surface area (Å²) in [5, 5.41) is 5.47. The highest BCUT2D eigenvalue weighted by atomic mass is 32.2. The van der Waals surface area contributed by atoms with Crippen LogP contribution in [-0.2, 0) is 24.9 Å². The maximum atomic E-state index is 14.6. The third-order valence-corrected chi connectivity index (χ3v) is 6.81. The Hall–Kier alpha value is -5.25. The first-order valence-electron chi connectivity index (χ1n) is 13.8. The van der Waals surface area contributed by atoms with Crippen molar-refractivity contribution in [1.82, 2.24) is 20.2 Å². The van der Waals surface area contributed by atoms with Crippen LogP contribution < -0.4 is 25.8 Å². The fourth-order valence-corrected chi connectivity index (χ4v) is 4.68. The van der Waals surface area contributed by atoms with Crippen molar-refractivity contribution in [2.45, 2.75) is 12.2 Å². The minimum Gasteiger partial charge on any atom is -0.493 e. The van der Waals surface area contributed by atoms with E-state index in [0.29, 0.717) is 42.7 Å². The molecule has 4 bridgehead atoms. The summed E-state index contributed by atoms with van der Waals surface area (Å²) < 4.78 is 44.2. The van der Waals surface area contributed by atoms with E-state index in [0.717, 1.165) is 34.6 Å². The van der Waals surface area contributed by atoms with Gasteiger partial charge >= 0.3 is 6.09 Å². The number of benzene rings is 1. The van der Waals surface area contributed by atoms with E-state index in [-0.39, 0.29) is 31.0 Å². The summed E-state index contributed by atoms with van der Waals surface area (Å²) in [5.74, 6) is -0.0145. The van der Waals surface area contributed by atoms with Crippen molar-refractivity contribution in [1.29, 1.82) is 0 Å². The molecule has 2 aliphatic heterocycles. The zero-order valence-electron chi connectivity index (χ0n) is 24.6. The monoisotopic (exact) mass is 656 g/mol. The van der Waals surface area contributed by atoms with Gasteiger partial charge in [-0.3, -0.25) is 19.3 Å². The Morgan fingerprint density at radius 2 is 1.83 bits per heavy atom. The molecule has 4 amide bonds. The highest BCUT2D eigenvalue weighted by Gasteiger charge is 2.25. The first-order valence-corrected chi connectivity index (χ1v) is 15.2. The third kappa shape index (κ3) is 9.62. The molecule has 0 aliphatic carbocycles. The molecule has 4 N–H and O–H groups in total. The van der Waals surface area contributed by atoms with E-state index in [1.54, 1.807) is 17.8 Å². The molecule has 2 aromatic heterocycles. The highest BCUT2D eigenvalue weighted by Crippen LogP contribution is 2.34. The van der Waals surface area contributed by atoms with E-state index in [9.17, 15) is 28.0 Å². The maximum absolute atomic E-state index is 14.6. The number of imide groups is 1. The highest BCUT2D eigenvalue weighted by molar-refractivity contribution is 7.97. The number of nitrogens with zero attached hydrogens (tertiary/aromatic N) is 3. The van der Waals surface area contributed by atoms with Gasteiger partial charge < -0.3 is 30.6 Å². The SMILES string of the molecule is CSCc1cc2nc(c1)OCCCOc1cc(F)ccc1-c1cc(ncc1F)N2.NC(=O)OCCNC(=O)CN1C(=O)C=CC1=O. The number of rotatable bonds is 7. The second-order valence-electron chi connectivity index (χ2n) is 9.61. The lowest BCUT2D eigenvalue weighted by Crippen LogP contribution is -2.41. The molecule has 5 rings (SSSR count). The number of hydrogen-bond donors (Lipinski definition) is 3. The third-order valence-electron chi connectivity index (χ3n) is 6.18. The first-order chi connectivity index (χ1) is 22.1. The number of amides is 4. The molecule has 16 heteroatoms. The number of halogens is 2. The molecule has 0 fully saturated rings. The van der Waals surface area contributed by atoms with Crippen LogP contribution in [0.5, 0.6) is 11.6 Å². The van der Waals surface area contributed by atoms with Crippen molar-refractivity contribution >= 4 is 47.2 Å². The summed E-state index contributed by atoms with van der Waals surface area (Å²) in [7, 11) is 0. The maximum Gasteiger partial charge on any atom is 0.404 e. The van der Waals surface area contributed by atoms with Gasteiger partial charge in [-0.1, -0.05) is 0 Å². The van der Waals surface area contributed by atoms with Gasteiger partial charge in [0.1, 0.15) is 42.2 Å². The number of ether oxygens (including phenoxy) is 3. The van der Waals surface area contributed by atoms with Gasteiger partial charge in [0.05, 0.1) is 26.0 Å². The number of nitrogens with one attached hydrogen (secondary N) is 2. The molecule has 242 valence electrons. The van der Waals surface area contributed by atoms with Crippen LogP contribution in [0.2, 0.25) is 0 Å². The first kappa shape index (κ1) is 33.6. The van der Waals surface area contributed by atoms with E-state index in [4.69, 9.17) is 15.2 Å². The molecule has 46 heavy (non-hydrogen) atoms. The number of primary amides is 1. The van der Waals surface area contributed by atoms with Crippen LogP contribution in [0, 0.1) is 11.6 Å². The lowest BCUT2D eigenvalue weighted by atomic mass is 10.0. The molecule has 0 radical (unpaired) electrons. The van der Waals surface area contributed by atoms with Crippen LogP contribution in [0.3, 0.4) is 0 Å². The number of anilines is 2. The van der Waals surface area contributed by atoms with Crippen LogP contribution in [0.15, 0.2) is 54.7 Å². The Labute approximate surface area is 266 Å². The lowest BCUT2D eigenvalue weighted by Gasteiger charge is -2.16. The Bertz CT molecular complexity index is 1620.